The van der Waals surface area contributed by atoms with E-state index in [0.29, 0.717) is 12.5 Å². The maximum absolute atomic E-state index is 12.7. The highest BCUT2D eigenvalue weighted by atomic mass is 16.5. The molecule has 0 aliphatic rings. The van der Waals surface area contributed by atoms with E-state index in [9.17, 15) is 9.59 Å². The summed E-state index contributed by atoms with van der Waals surface area (Å²) in [5.41, 5.74) is 1.40. The molecule has 2 aromatic carbocycles. The van der Waals surface area contributed by atoms with Gasteiger partial charge >= 0.3 is 11.9 Å². The van der Waals surface area contributed by atoms with Crippen LogP contribution in [0.3, 0.4) is 0 Å². The largest absolute Gasteiger partial charge is 0.462 e. The maximum Gasteiger partial charge on any atom is 0.339 e. The van der Waals surface area contributed by atoms with Crippen molar-refractivity contribution in [3.8, 4) is 0 Å². The number of rotatable bonds is 12. The molecule has 2 rings (SSSR count). The molecule has 1 unspecified atom stereocenters. The van der Waals surface area contributed by atoms with E-state index in [-0.39, 0.29) is 17.7 Å². The predicted molar refractivity (Wildman–Crippen MR) is 115 cm³/mol. The molecule has 0 radical (unpaired) electrons. The van der Waals surface area contributed by atoms with Crippen molar-refractivity contribution in [2.24, 2.45) is 5.92 Å². The van der Waals surface area contributed by atoms with Crippen molar-refractivity contribution < 1.29 is 19.1 Å². The lowest BCUT2D eigenvalue weighted by atomic mass is 9.97. The van der Waals surface area contributed by atoms with Gasteiger partial charge in [-0.1, -0.05) is 82.0 Å². The molecule has 0 saturated carbocycles. The summed E-state index contributed by atoms with van der Waals surface area (Å²) in [6.07, 6.45) is 6.70. The van der Waals surface area contributed by atoms with Crippen LogP contribution >= 0.6 is 0 Å². The van der Waals surface area contributed by atoms with Gasteiger partial charge in [0, 0.05) is 0 Å². The highest BCUT2D eigenvalue weighted by Gasteiger charge is 2.20. The summed E-state index contributed by atoms with van der Waals surface area (Å²) in [6, 6.07) is 16.1. The third-order valence-electron chi connectivity index (χ3n) is 4.94. The van der Waals surface area contributed by atoms with Gasteiger partial charge in [-0.2, -0.15) is 0 Å². The highest BCUT2D eigenvalue weighted by molar-refractivity contribution is 6.03. The quantitative estimate of drug-likeness (QED) is 0.317. The molecule has 0 N–H and O–H groups in total. The minimum Gasteiger partial charge on any atom is -0.462 e. The molecule has 0 aliphatic carbocycles. The summed E-state index contributed by atoms with van der Waals surface area (Å²) >= 11 is 0. The Bertz CT molecular complexity index is 754. The average Bonchev–Trinajstić information content (AvgIpc) is 2.76. The van der Waals surface area contributed by atoms with Crippen LogP contribution in [0.15, 0.2) is 54.6 Å². The van der Waals surface area contributed by atoms with Crippen LogP contribution < -0.4 is 0 Å². The van der Waals surface area contributed by atoms with Crippen molar-refractivity contribution in [2.75, 3.05) is 6.61 Å². The van der Waals surface area contributed by atoms with E-state index in [4.69, 9.17) is 9.47 Å². The van der Waals surface area contributed by atoms with E-state index in [0.717, 1.165) is 31.2 Å². The van der Waals surface area contributed by atoms with E-state index >= 15 is 0 Å². The normalized spacial score (nSPS) is 11.7. The van der Waals surface area contributed by atoms with Crippen molar-refractivity contribution in [1.29, 1.82) is 0 Å². The molecule has 0 bridgehead atoms. The van der Waals surface area contributed by atoms with Crippen molar-refractivity contribution in [2.45, 2.75) is 59.0 Å². The molecule has 0 spiro atoms. The first-order valence-electron chi connectivity index (χ1n) is 10.6. The summed E-state index contributed by atoms with van der Waals surface area (Å²) < 4.78 is 11.0. The lowest BCUT2D eigenvalue weighted by Gasteiger charge is -2.17. The van der Waals surface area contributed by atoms with Gasteiger partial charge in [-0.05, 0) is 36.5 Å². The van der Waals surface area contributed by atoms with Crippen molar-refractivity contribution in [3.05, 3.63) is 71.3 Å². The summed E-state index contributed by atoms with van der Waals surface area (Å²) in [5.74, 6) is -0.615. The molecule has 0 amide bonds. The second kappa shape index (κ2) is 12.8. The van der Waals surface area contributed by atoms with Crippen molar-refractivity contribution in [3.63, 3.8) is 0 Å². The molecule has 156 valence electrons. The molecule has 0 fully saturated rings. The summed E-state index contributed by atoms with van der Waals surface area (Å²) in [6.45, 7) is 4.89. The van der Waals surface area contributed by atoms with Gasteiger partial charge in [-0.25, -0.2) is 9.59 Å². The van der Waals surface area contributed by atoms with E-state index in [1.807, 2.05) is 30.3 Å². The Labute approximate surface area is 174 Å². The molecule has 1 atom stereocenters. The number of unbranched alkanes of at least 4 members (excludes halogenated alkanes) is 2. The van der Waals surface area contributed by atoms with Crippen LogP contribution in [-0.2, 0) is 16.1 Å². The Morgan fingerprint density at radius 1 is 0.759 bits per heavy atom. The first-order valence-corrected chi connectivity index (χ1v) is 10.6. The van der Waals surface area contributed by atoms with Crippen molar-refractivity contribution >= 4 is 11.9 Å². The lowest BCUT2D eigenvalue weighted by Crippen LogP contribution is -2.18. The topological polar surface area (TPSA) is 52.6 Å². The van der Waals surface area contributed by atoms with E-state index in [1.54, 1.807) is 24.3 Å². The summed E-state index contributed by atoms with van der Waals surface area (Å²) in [5, 5.41) is 0. The van der Waals surface area contributed by atoms with Gasteiger partial charge in [-0.3, -0.25) is 0 Å². The molecule has 4 heteroatoms. The number of hydrogen-bond acceptors (Lipinski definition) is 4. The summed E-state index contributed by atoms with van der Waals surface area (Å²) in [4.78, 5) is 25.2. The fourth-order valence-corrected chi connectivity index (χ4v) is 3.31. The third kappa shape index (κ3) is 7.72. The fourth-order valence-electron chi connectivity index (χ4n) is 3.31. The number of esters is 2. The Kier molecular flexibility index (Phi) is 9.98. The fraction of sp³-hybridized carbons (Fsp3) is 0.440. The lowest BCUT2D eigenvalue weighted by molar-refractivity contribution is 0.0395. The monoisotopic (exact) mass is 396 g/mol. The molecule has 29 heavy (non-hydrogen) atoms. The zero-order valence-electron chi connectivity index (χ0n) is 17.6. The Morgan fingerprint density at radius 3 is 2.00 bits per heavy atom. The van der Waals surface area contributed by atoms with Crippen LogP contribution in [0.25, 0.3) is 0 Å². The third-order valence-corrected chi connectivity index (χ3v) is 4.94. The van der Waals surface area contributed by atoms with Gasteiger partial charge in [0.25, 0.3) is 0 Å². The molecule has 0 aliphatic heterocycles. The van der Waals surface area contributed by atoms with Gasteiger partial charge in [0.05, 0.1) is 17.7 Å². The Morgan fingerprint density at radius 2 is 1.38 bits per heavy atom. The zero-order chi connectivity index (χ0) is 20.9. The predicted octanol–water partition coefficient (Wildman–Crippen LogP) is 6.20. The molecule has 0 saturated heterocycles. The van der Waals surface area contributed by atoms with Crippen LogP contribution in [0.1, 0.15) is 78.7 Å². The Balaban J connectivity index is 1.96. The van der Waals surface area contributed by atoms with Gasteiger partial charge < -0.3 is 9.47 Å². The SMILES string of the molecule is CCCCCC(CCC)COC(=O)c1ccccc1C(=O)OCc1ccccc1. The highest BCUT2D eigenvalue weighted by Crippen LogP contribution is 2.18. The first-order chi connectivity index (χ1) is 14.2. The minimum absolute atomic E-state index is 0.166. The number of carbonyl (C=O) groups excluding carboxylic acids is 2. The molecule has 2 aromatic rings. The molecule has 4 nitrogen and oxygen atoms in total. The summed E-state index contributed by atoms with van der Waals surface area (Å²) in [7, 11) is 0. The Hall–Kier alpha value is -2.62. The molecular formula is C25H32O4. The smallest absolute Gasteiger partial charge is 0.339 e. The van der Waals surface area contributed by atoms with Gasteiger partial charge in [-0.15, -0.1) is 0 Å². The van der Waals surface area contributed by atoms with Gasteiger partial charge in [0.1, 0.15) is 6.61 Å². The van der Waals surface area contributed by atoms with Crippen LogP contribution in [-0.4, -0.2) is 18.5 Å². The maximum atomic E-state index is 12.7. The van der Waals surface area contributed by atoms with Crippen LogP contribution in [0.5, 0.6) is 0 Å². The first kappa shape index (κ1) is 22.7. The van der Waals surface area contributed by atoms with E-state index in [1.165, 1.54) is 12.8 Å². The molecule has 0 aromatic heterocycles. The molecular weight excluding hydrogens is 364 g/mol. The number of benzene rings is 2. The minimum atomic E-state index is -0.519. The van der Waals surface area contributed by atoms with E-state index < -0.39 is 11.9 Å². The van der Waals surface area contributed by atoms with E-state index in [2.05, 4.69) is 13.8 Å². The van der Waals surface area contributed by atoms with Crippen molar-refractivity contribution in [1.82, 2.24) is 0 Å². The van der Waals surface area contributed by atoms with Gasteiger partial charge in [0.15, 0.2) is 0 Å². The van der Waals surface area contributed by atoms with Crippen LogP contribution in [0.2, 0.25) is 0 Å². The molecule has 0 heterocycles. The number of hydrogen-bond donors (Lipinski definition) is 0. The zero-order valence-corrected chi connectivity index (χ0v) is 17.6. The number of ether oxygens (including phenoxy) is 2. The van der Waals surface area contributed by atoms with Crippen LogP contribution in [0, 0.1) is 5.92 Å². The average molecular weight is 397 g/mol. The number of carbonyl (C=O) groups is 2. The van der Waals surface area contributed by atoms with Crippen LogP contribution in [0.4, 0.5) is 0 Å². The second-order valence-electron chi connectivity index (χ2n) is 7.36. The second-order valence-corrected chi connectivity index (χ2v) is 7.36. The standard InChI is InChI=1S/C25H32O4/c1-3-5-7-13-20(12-4-2)18-28-24(26)22-16-10-11-17-23(22)25(27)29-19-21-14-8-6-9-15-21/h6,8-11,14-17,20H,3-5,7,12-13,18-19H2,1-2H3. The van der Waals surface area contributed by atoms with Gasteiger partial charge in [0.2, 0.25) is 0 Å².